The first-order valence-corrected chi connectivity index (χ1v) is 9.98. The third-order valence-corrected chi connectivity index (χ3v) is 6.19. The molecule has 0 bridgehead atoms. The number of piperidine rings is 2. The molecule has 6 nitrogen and oxygen atoms in total. The minimum atomic E-state index is 0.344. The number of hydrogen-bond donors (Lipinski definition) is 2. The quantitative estimate of drug-likeness (QED) is 0.846. The van der Waals surface area contributed by atoms with E-state index in [4.69, 9.17) is 0 Å². The molecule has 0 saturated carbocycles. The normalized spacial score (nSPS) is 26.3. The fourth-order valence-electron chi connectivity index (χ4n) is 4.75. The van der Waals surface area contributed by atoms with Gasteiger partial charge in [-0.3, -0.25) is 4.90 Å². The standard InChI is InChI=1S/C19H31N5O/c25-13-15-2-1-9-24(12-15)16-5-10-23(11-6-16)19-17-3-7-20-8-4-18(17)21-14-22-19/h14-16,20,25H,1-13H2. The topological polar surface area (TPSA) is 64.5 Å². The Morgan fingerprint density at radius 1 is 1.08 bits per heavy atom. The lowest BCUT2D eigenvalue weighted by atomic mass is 9.94. The summed E-state index contributed by atoms with van der Waals surface area (Å²) in [6.07, 6.45) is 8.63. The highest BCUT2D eigenvalue weighted by Crippen LogP contribution is 2.28. The Morgan fingerprint density at radius 3 is 2.76 bits per heavy atom. The van der Waals surface area contributed by atoms with Gasteiger partial charge < -0.3 is 15.3 Å². The van der Waals surface area contributed by atoms with Crippen LogP contribution in [0.3, 0.4) is 0 Å². The summed E-state index contributed by atoms with van der Waals surface area (Å²) in [7, 11) is 0. The second-order valence-corrected chi connectivity index (χ2v) is 7.78. The zero-order valence-electron chi connectivity index (χ0n) is 15.2. The van der Waals surface area contributed by atoms with Crippen LogP contribution in [0.2, 0.25) is 0 Å². The molecule has 0 spiro atoms. The molecule has 1 atom stereocenters. The van der Waals surface area contributed by atoms with E-state index in [1.807, 2.05) is 0 Å². The molecule has 25 heavy (non-hydrogen) atoms. The number of aliphatic hydroxyl groups is 1. The van der Waals surface area contributed by atoms with E-state index >= 15 is 0 Å². The zero-order valence-corrected chi connectivity index (χ0v) is 15.2. The fourth-order valence-corrected chi connectivity index (χ4v) is 4.75. The molecule has 1 aromatic heterocycles. The maximum absolute atomic E-state index is 9.48. The summed E-state index contributed by atoms with van der Waals surface area (Å²) in [6, 6.07) is 0.674. The molecule has 0 aliphatic carbocycles. The van der Waals surface area contributed by atoms with E-state index in [1.165, 1.54) is 49.3 Å². The van der Waals surface area contributed by atoms with E-state index in [0.29, 0.717) is 18.6 Å². The SMILES string of the molecule is OCC1CCCN(C2CCN(c3ncnc4c3CCNCC4)CC2)C1. The van der Waals surface area contributed by atoms with Gasteiger partial charge in [-0.1, -0.05) is 0 Å². The summed E-state index contributed by atoms with van der Waals surface area (Å²) >= 11 is 0. The lowest BCUT2D eigenvalue weighted by molar-refractivity contribution is 0.0777. The van der Waals surface area contributed by atoms with Crippen LogP contribution in [0.1, 0.15) is 36.9 Å². The highest BCUT2D eigenvalue weighted by atomic mass is 16.3. The van der Waals surface area contributed by atoms with Crippen molar-refractivity contribution in [3.8, 4) is 0 Å². The molecule has 1 aromatic rings. The smallest absolute Gasteiger partial charge is 0.135 e. The van der Waals surface area contributed by atoms with Gasteiger partial charge in [0.25, 0.3) is 0 Å². The zero-order chi connectivity index (χ0) is 17.1. The van der Waals surface area contributed by atoms with Gasteiger partial charge in [0.1, 0.15) is 12.1 Å². The van der Waals surface area contributed by atoms with Crippen molar-refractivity contribution in [2.75, 3.05) is 50.8 Å². The molecule has 0 amide bonds. The Hall–Kier alpha value is -1.24. The van der Waals surface area contributed by atoms with E-state index in [-0.39, 0.29) is 0 Å². The van der Waals surface area contributed by atoms with Crippen LogP contribution in [0.5, 0.6) is 0 Å². The van der Waals surface area contributed by atoms with Crippen LogP contribution in [0.15, 0.2) is 6.33 Å². The molecule has 2 saturated heterocycles. The lowest BCUT2D eigenvalue weighted by Crippen LogP contribution is -2.49. The third kappa shape index (κ3) is 3.81. The van der Waals surface area contributed by atoms with Crippen LogP contribution in [0.4, 0.5) is 5.82 Å². The van der Waals surface area contributed by atoms with Crippen molar-refractivity contribution >= 4 is 5.82 Å². The van der Waals surface area contributed by atoms with Crippen LogP contribution in [0, 0.1) is 5.92 Å². The average Bonchev–Trinajstić information content (AvgIpc) is 2.93. The second kappa shape index (κ2) is 7.98. The van der Waals surface area contributed by atoms with Crippen LogP contribution in [-0.2, 0) is 12.8 Å². The van der Waals surface area contributed by atoms with Gasteiger partial charge in [-0.05, 0) is 51.1 Å². The van der Waals surface area contributed by atoms with Crippen molar-refractivity contribution in [1.29, 1.82) is 0 Å². The number of nitrogens with one attached hydrogen (secondary N) is 1. The Morgan fingerprint density at radius 2 is 1.92 bits per heavy atom. The van der Waals surface area contributed by atoms with Gasteiger partial charge >= 0.3 is 0 Å². The third-order valence-electron chi connectivity index (χ3n) is 6.19. The van der Waals surface area contributed by atoms with Gasteiger partial charge in [-0.15, -0.1) is 0 Å². The molecule has 3 aliphatic heterocycles. The molecule has 138 valence electrons. The largest absolute Gasteiger partial charge is 0.396 e. The summed E-state index contributed by atoms with van der Waals surface area (Å²) in [5, 5.41) is 12.9. The monoisotopic (exact) mass is 345 g/mol. The lowest BCUT2D eigenvalue weighted by Gasteiger charge is -2.42. The number of nitrogens with zero attached hydrogens (tertiary/aromatic N) is 4. The van der Waals surface area contributed by atoms with E-state index < -0.39 is 0 Å². The summed E-state index contributed by atoms with van der Waals surface area (Å²) in [4.78, 5) is 14.3. The van der Waals surface area contributed by atoms with Gasteiger partial charge in [0.2, 0.25) is 0 Å². The molecule has 6 heteroatoms. The summed E-state index contributed by atoms with van der Waals surface area (Å²) in [5.41, 5.74) is 2.60. The minimum absolute atomic E-state index is 0.344. The van der Waals surface area contributed by atoms with Crippen molar-refractivity contribution in [2.24, 2.45) is 5.92 Å². The Balaban J connectivity index is 1.41. The molecule has 3 aliphatic rings. The van der Waals surface area contributed by atoms with Gasteiger partial charge in [-0.2, -0.15) is 0 Å². The predicted octanol–water partition coefficient (Wildman–Crippen LogP) is 0.838. The Bertz CT molecular complexity index is 573. The number of aromatic nitrogens is 2. The summed E-state index contributed by atoms with van der Waals surface area (Å²) in [5.74, 6) is 1.66. The number of rotatable bonds is 3. The van der Waals surface area contributed by atoms with Crippen LogP contribution >= 0.6 is 0 Å². The first kappa shape index (κ1) is 17.2. The highest BCUT2D eigenvalue weighted by molar-refractivity contribution is 5.49. The van der Waals surface area contributed by atoms with E-state index in [9.17, 15) is 5.11 Å². The maximum atomic E-state index is 9.48. The minimum Gasteiger partial charge on any atom is -0.396 e. The Kier molecular flexibility index (Phi) is 5.48. The van der Waals surface area contributed by atoms with E-state index in [1.54, 1.807) is 6.33 Å². The van der Waals surface area contributed by atoms with E-state index in [0.717, 1.165) is 45.6 Å². The van der Waals surface area contributed by atoms with Crippen molar-refractivity contribution < 1.29 is 5.11 Å². The summed E-state index contributed by atoms with van der Waals surface area (Å²) < 4.78 is 0. The highest BCUT2D eigenvalue weighted by Gasteiger charge is 2.30. The molecular formula is C19H31N5O. The van der Waals surface area contributed by atoms with Crippen LogP contribution < -0.4 is 10.2 Å². The molecule has 1 unspecified atom stereocenters. The second-order valence-electron chi connectivity index (χ2n) is 7.78. The first-order valence-electron chi connectivity index (χ1n) is 9.98. The van der Waals surface area contributed by atoms with Crippen LogP contribution in [0.25, 0.3) is 0 Å². The van der Waals surface area contributed by atoms with Crippen molar-refractivity contribution in [3.05, 3.63) is 17.6 Å². The molecule has 4 rings (SSSR count). The van der Waals surface area contributed by atoms with Gasteiger partial charge in [-0.25, -0.2) is 9.97 Å². The number of hydrogen-bond acceptors (Lipinski definition) is 6. The number of fused-ring (bicyclic) bond motifs is 1. The number of likely N-dealkylation sites (tertiary alicyclic amines) is 1. The van der Waals surface area contributed by atoms with Crippen molar-refractivity contribution in [2.45, 2.75) is 44.6 Å². The van der Waals surface area contributed by atoms with Crippen molar-refractivity contribution in [3.63, 3.8) is 0 Å². The maximum Gasteiger partial charge on any atom is 0.135 e. The summed E-state index contributed by atoms with van der Waals surface area (Å²) in [6.45, 7) is 6.85. The van der Waals surface area contributed by atoms with E-state index in [2.05, 4.69) is 25.1 Å². The fraction of sp³-hybridized carbons (Fsp3) is 0.789. The first-order chi connectivity index (χ1) is 12.3. The molecule has 0 aromatic carbocycles. The number of aliphatic hydroxyl groups excluding tert-OH is 1. The van der Waals surface area contributed by atoms with Crippen molar-refractivity contribution in [1.82, 2.24) is 20.2 Å². The molecule has 2 N–H and O–H groups in total. The molecule has 2 fully saturated rings. The molecular weight excluding hydrogens is 314 g/mol. The molecule has 0 radical (unpaired) electrons. The Labute approximate surface area is 150 Å². The number of anilines is 1. The van der Waals surface area contributed by atoms with Gasteiger partial charge in [0, 0.05) is 50.8 Å². The van der Waals surface area contributed by atoms with Gasteiger partial charge in [0.15, 0.2) is 0 Å². The molecule has 4 heterocycles. The van der Waals surface area contributed by atoms with Gasteiger partial charge in [0.05, 0.1) is 5.69 Å². The average molecular weight is 345 g/mol. The van der Waals surface area contributed by atoms with Crippen LogP contribution in [-0.4, -0.2) is 71.9 Å². The predicted molar refractivity (Wildman–Crippen MR) is 98.9 cm³/mol.